The smallest absolute Gasteiger partial charge is 0.336 e. The Hall–Kier alpha value is -2.86. The Morgan fingerprint density at radius 3 is 2.70 bits per heavy atom. The van der Waals surface area contributed by atoms with Gasteiger partial charge in [0, 0.05) is 17.5 Å². The zero-order valence-electron chi connectivity index (χ0n) is 15.3. The molecule has 6 heteroatoms. The highest BCUT2D eigenvalue weighted by Crippen LogP contribution is 2.43. The second kappa shape index (κ2) is 5.82. The number of nitrogens with zero attached hydrogens (tertiary/aromatic N) is 1. The van der Waals surface area contributed by atoms with Gasteiger partial charge in [-0.1, -0.05) is 0 Å². The number of benzene rings is 2. The first kappa shape index (κ1) is 17.5. The van der Waals surface area contributed by atoms with Crippen molar-refractivity contribution in [2.75, 3.05) is 0 Å². The molecule has 2 unspecified atom stereocenters. The Morgan fingerprint density at radius 1 is 1.30 bits per heavy atom. The van der Waals surface area contributed by atoms with Crippen LogP contribution < -0.4 is 0 Å². The van der Waals surface area contributed by atoms with Crippen molar-refractivity contribution in [1.82, 2.24) is 4.57 Å². The number of hydrogen-bond donors (Lipinski definition) is 2. The van der Waals surface area contributed by atoms with Gasteiger partial charge in [0.25, 0.3) is 0 Å². The predicted molar refractivity (Wildman–Crippen MR) is 98.9 cm³/mol. The highest BCUT2D eigenvalue weighted by molar-refractivity contribution is 5.90. The van der Waals surface area contributed by atoms with Crippen LogP contribution >= 0.6 is 0 Å². The fraction of sp³-hybridized carbons (Fsp3) is 0.286. The number of carboxylic acids is 1. The molecule has 0 bridgehead atoms. The zero-order chi connectivity index (χ0) is 19.5. The first-order chi connectivity index (χ1) is 12.7. The van der Waals surface area contributed by atoms with E-state index in [4.69, 9.17) is 4.74 Å². The molecule has 1 aromatic heterocycles. The summed E-state index contributed by atoms with van der Waals surface area (Å²) in [5.74, 6) is -1.21. The summed E-state index contributed by atoms with van der Waals surface area (Å²) in [5, 5.41) is 20.4. The first-order valence-electron chi connectivity index (χ1n) is 8.75. The predicted octanol–water partition coefficient (Wildman–Crippen LogP) is 4.26. The van der Waals surface area contributed by atoms with Gasteiger partial charge >= 0.3 is 5.97 Å². The summed E-state index contributed by atoms with van der Waals surface area (Å²) in [4.78, 5) is 11.8. The number of carboxylic acid groups (broad SMARTS) is 1. The van der Waals surface area contributed by atoms with Gasteiger partial charge in [0.2, 0.25) is 0 Å². The average molecular weight is 369 g/mol. The van der Waals surface area contributed by atoms with E-state index in [0.717, 1.165) is 27.8 Å². The molecule has 2 aromatic carbocycles. The van der Waals surface area contributed by atoms with Crippen LogP contribution in [0.1, 0.15) is 36.8 Å². The van der Waals surface area contributed by atoms with E-state index in [9.17, 15) is 19.4 Å². The minimum atomic E-state index is -1.35. The number of halogens is 1. The summed E-state index contributed by atoms with van der Waals surface area (Å²) < 4.78 is 21.6. The van der Waals surface area contributed by atoms with Gasteiger partial charge in [-0.2, -0.15) is 0 Å². The number of phenols is 1. The summed E-state index contributed by atoms with van der Waals surface area (Å²) in [6.45, 7) is 5.07. The van der Waals surface area contributed by atoms with Crippen LogP contribution in [0.2, 0.25) is 0 Å². The fourth-order valence-corrected chi connectivity index (χ4v) is 3.97. The number of hydrogen-bond acceptors (Lipinski definition) is 3. The normalized spacial score (nSPS) is 22.0. The molecule has 1 aliphatic rings. The molecule has 0 radical (unpaired) electrons. The number of aromatic nitrogens is 1. The quantitative estimate of drug-likeness (QED) is 0.708. The molecule has 0 saturated carbocycles. The van der Waals surface area contributed by atoms with Crippen LogP contribution in [0.5, 0.6) is 5.75 Å². The van der Waals surface area contributed by atoms with Crippen molar-refractivity contribution < 1.29 is 24.1 Å². The monoisotopic (exact) mass is 369 g/mol. The van der Waals surface area contributed by atoms with Gasteiger partial charge in [0.1, 0.15) is 11.6 Å². The van der Waals surface area contributed by atoms with Crippen LogP contribution in [0.15, 0.2) is 36.4 Å². The Kier molecular flexibility index (Phi) is 3.78. The number of phenolic OH excluding ortho intramolecular Hbond substituents is 1. The van der Waals surface area contributed by atoms with Crippen LogP contribution in [0.3, 0.4) is 0 Å². The number of fused-ring (bicyclic) bond motifs is 3. The molecule has 0 aliphatic carbocycles. The SMILES string of the molecule is Cc1cc(-n2c3c(c4cc(O)ccc42)CC(C)(C(=O)O)OC3C)ccc1F. The number of aliphatic carboxylic acids is 1. The second-order valence-corrected chi connectivity index (χ2v) is 7.31. The maximum atomic E-state index is 13.8. The molecule has 2 heterocycles. The molecule has 1 aliphatic heterocycles. The standard InChI is InChI=1S/C21H20FNO4/c1-11-8-13(4-6-17(11)22)23-18-7-5-14(24)9-15(18)16-10-21(3,20(25)26)27-12(2)19(16)23/h4-9,12,24H,10H2,1-3H3,(H,25,26). The van der Waals surface area contributed by atoms with Gasteiger partial charge in [0.15, 0.2) is 5.60 Å². The summed E-state index contributed by atoms with van der Waals surface area (Å²) >= 11 is 0. The van der Waals surface area contributed by atoms with Crippen molar-refractivity contribution in [2.45, 2.75) is 38.9 Å². The molecule has 3 aromatic rings. The van der Waals surface area contributed by atoms with Crippen LogP contribution in [0.25, 0.3) is 16.6 Å². The van der Waals surface area contributed by atoms with E-state index in [0.29, 0.717) is 5.56 Å². The van der Waals surface area contributed by atoms with Crippen molar-refractivity contribution in [3.63, 3.8) is 0 Å². The maximum Gasteiger partial charge on any atom is 0.336 e. The van der Waals surface area contributed by atoms with Gasteiger partial charge in [-0.25, -0.2) is 9.18 Å². The summed E-state index contributed by atoms with van der Waals surface area (Å²) in [6.07, 6.45) is -0.315. The molecule has 5 nitrogen and oxygen atoms in total. The van der Waals surface area contributed by atoms with E-state index in [2.05, 4.69) is 0 Å². The van der Waals surface area contributed by atoms with Gasteiger partial charge in [-0.05, 0) is 68.3 Å². The van der Waals surface area contributed by atoms with Crippen LogP contribution in [-0.4, -0.2) is 26.4 Å². The molecule has 4 rings (SSSR count). The summed E-state index contributed by atoms with van der Waals surface area (Å²) in [5.41, 5.74) is 2.39. The van der Waals surface area contributed by atoms with Crippen molar-refractivity contribution >= 4 is 16.9 Å². The Bertz CT molecular complexity index is 1090. The Labute approximate surface area is 155 Å². The van der Waals surface area contributed by atoms with Crippen molar-refractivity contribution in [3.05, 3.63) is 59.0 Å². The number of ether oxygens (including phenoxy) is 1. The third-order valence-corrected chi connectivity index (χ3v) is 5.28. The molecular weight excluding hydrogens is 349 g/mol. The minimum absolute atomic E-state index is 0.105. The lowest BCUT2D eigenvalue weighted by Crippen LogP contribution is -2.44. The van der Waals surface area contributed by atoms with Crippen molar-refractivity contribution in [1.29, 1.82) is 0 Å². The van der Waals surface area contributed by atoms with E-state index < -0.39 is 17.7 Å². The highest BCUT2D eigenvalue weighted by atomic mass is 19.1. The Morgan fingerprint density at radius 2 is 2.04 bits per heavy atom. The zero-order valence-corrected chi connectivity index (χ0v) is 15.3. The van der Waals surface area contributed by atoms with Gasteiger partial charge < -0.3 is 19.5 Å². The number of aromatic hydroxyl groups is 1. The minimum Gasteiger partial charge on any atom is -0.508 e. The molecule has 0 fully saturated rings. The highest BCUT2D eigenvalue weighted by Gasteiger charge is 2.43. The Balaban J connectivity index is 2.05. The molecule has 140 valence electrons. The lowest BCUT2D eigenvalue weighted by molar-refractivity contribution is -0.173. The number of rotatable bonds is 2. The molecule has 0 amide bonds. The largest absolute Gasteiger partial charge is 0.508 e. The molecular formula is C21H20FNO4. The maximum absolute atomic E-state index is 13.8. The van der Waals surface area contributed by atoms with E-state index >= 15 is 0 Å². The lowest BCUT2D eigenvalue weighted by Gasteiger charge is -2.35. The molecule has 2 N–H and O–H groups in total. The van der Waals surface area contributed by atoms with Crippen molar-refractivity contribution in [3.8, 4) is 11.4 Å². The van der Waals surface area contributed by atoms with Gasteiger partial charge in [0.05, 0.1) is 17.3 Å². The average Bonchev–Trinajstić information content (AvgIpc) is 2.91. The van der Waals surface area contributed by atoms with Crippen LogP contribution in [-0.2, 0) is 16.0 Å². The second-order valence-electron chi connectivity index (χ2n) is 7.31. The number of aryl methyl sites for hydroxylation is 1. The van der Waals surface area contributed by atoms with Crippen molar-refractivity contribution in [2.24, 2.45) is 0 Å². The first-order valence-corrected chi connectivity index (χ1v) is 8.75. The topological polar surface area (TPSA) is 71.7 Å². The van der Waals surface area contributed by atoms with E-state index in [-0.39, 0.29) is 18.0 Å². The number of carbonyl (C=O) groups is 1. The van der Waals surface area contributed by atoms with E-state index in [1.54, 1.807) is 44.2 Å². The molecule has 2 atom stereocenters. The van der Waals surface area contributed by atoms with E-state index in [1.165, 1.54) is 6.07 Å². The van der Waals surface area contributed by atoms with Gasteiger partial charge in [-0.3, -0.25) is 0 Å². The molecule has 27 heavy (non-hydrogen) atoms. The van der Waals surface area contributed by atoms with Crippen LogP contribution in [0.4, 0.5) is 4.39 Å². The summed E-state index contributed by atoms with van der Waals surface area (Å²) in [7, 11) is 0. The third-order valence-electron chi connectivity index (χ3n) is 5.28. The lowest BCUT2D eigenvalue weighted by atomic mass is 9.89. The van der Waals surface area contributed by atoms with Gasteiger partial charge in [-0.15, -0.1) is 0 Å². The molecule has 0 spiro atoms. The van der Waals surface area contributed by atoms with E-state index in [1.807, 2.05) is 11.5 Å². The summed E-state index contributed by atoms with van der Waals surface area (Å²) in [6, 6.07) is 9.86. The van der Waals surface area contributed by atoms with Crippen LogP contribution in [0, 0.1) is 12.7 Å². The molecule has 0 saturated heterocycles. The fourth-order valence-electron chi connectivity index (χ4n) is 3.97. The third kappa shape index (κ3) is 2.59.